The number of ketones is 1. The second-order valence-electron chi connectivity index (χ2n) is 6.11. The van der Waals surface area contributed by atoms with Gasteiger partial charge >= 0.3 is 0 Å². The lowest BCUT2D eigenvalue weighted by Crippen LogP contribution is -2.39. The minimum absolute atomic E-state index is 0.128. The Labute approximate surface area is 141 Å². The van der Waals surface area contributed by atoms with Crippen LogP contribution < -0.4 is 0 Å². The minimum Gasteiger partial charge on any atom is -0.303 e. The van der Waals surface area contributed by atoms with Gasteiger partial charge in [-0.15, -0.1) is 0 Å². The summed E-state index contributed by atoms with van der Waals surface area (Å²) in [4.78, 5) is 14.7. The van der Waals surface area contributed by atoms with E-state index in [1.807, 2.05) is 6.07 Å². The molecule has 1 fully saturated rings. The van der Waals surface area contributed by atoms with Crippen LogP contribution in [0, 0.1) is 5.92 Å². The average Bonchev–Trinajstić information content (AvgIpc) is 2.45. The van der Waals surface area contributed by atoms with Gasteiger partial charge in [-0.2, -0.15) is 0 Å². The van der Waals surface area contributed by atoms with Crippen molar-refractivity contribution in [2.24, 2.45) is 5.92 Å². The molecule has 0 aromatic heterocycles. The molecule has 0 saturated heterocycles. The molecule has 0 bridgehead atoms. The maximum atomic E-state index is 12.3. The fourth-order valence-electron chi connectivity index (χ4n) is 3.25. The zero-order valence-electron chi connectivity index (χ0n) is 12.7. The lowest BCUT2D eigenvalue weighted by molar-refractivity contribution is 0.0928. The van der Waals surface area contributed by atoms with Crippen LogP contribution in [0.2, 0.25) is 5.02 Å². The van der Waals surface area contributed by atoms with Gasteiger partial charge in [-0.25, -0.2) is 0 Å². The van der Waals surface area contributed by atoms with Crippen molar-refractivity contribution in [2.45, 2.75) is 45.1 Å². The third kappa shape index (κ3) is 4.54. The molecule has 0 amide bonds. The van der Waals surface area contributed by atoms with Crippen LogP contribution >= 0.6 is 27.5 Å². The predicted octanol–water partition coefficient (Wildman–Crippen LogP) is 5.19. The Kier molecular flexibility index (Phi) is 6.27. The first-order valence-electron chi connectivity index (χ1n) is 7.67. The van der Waals surface area contributed by atoms with Crippen molar-refractivity contribution in [3.05, 3.63) is 33.3 Å². The van der Waals surface area contributed by atoms with Gasteiger partial charge in [0.25, 0.3) is 0 Å². The van der Waals surface area contributed by atoms with Crippen LogP contribution in [0.5, 0.6) is 0 Å². The summed E-state index contributed by atoms with van der Waals surface area (Å²) in [6.07, 6.45) is 5.75. The minimum atomic E-state index is 0.128. The first kappa shape index (κ1) is 17.0. The van der Waals surface area contributed by atoms with Gasteiger partial charge in [-0.05, 0) is 44.0 Å². The van der Waals surface area contributed by atoms with E-state index in [0.29, 0.717) is 23.0 Å². The molecule has 4 heteroatoms. The van der Waals surface area contributed by atoms with Crippen molar-refractivity contribution in [1.82, 2.24) is 4.90 Å². The number of carbonyl (C=O) groups is 1. The van der Waals surface area contributed by atoms with Crippen LogP contribution in [0.15, 0.2) is 22.7 Å². The van der Waals surface area contributed by atoms with E-state index < -0.39 is 0 Å². The molecule has 0 spiro atoms. The summed E-state index contributed by atoms with van der Waals surface area (Å²) in [5.41, 5.74) is 0.630. The Morgan fingerprint density at radius 2 is 2.10 bits per heavy atom. The van der Waals surface area contributed by atoms with Gasteiger partial charge in [0.15, 0.2) is 5.78 Å². The number of nitrogens with zero attached hydrogens (tertiary/aromatic N) is 1. The number of benzene rings is 1. The smallest absolute Gasteiger partial charge is 0.165 e. The molecule has 0 heterocycles. The van der Waals surface area contributed by atoms with Crippen molar-refractivity contribution < 1.29 is 4.79 Å². The quantitative estimate of drug-likeness (QED) is 0.663. The highest BCUT2D eigenvalue weighted by molar-refractivity contribution is 9.10. The number of carbonyl (C=O) groups excluding carboxylic acids is 1. The predicted molar refractivity (Wildman–Crippen MR) is 92.1 cm³/mol. The molecule has 1 aliphatic carbocycles. The molecule has 1 aliphatic rings. The second kappa shape index (κ2) is 7.75. The van der Waals surface area contributed by atoms with Gasteiger partial charge in [-0.1, -0.05) is 47.3 Å². The van der Waals surface area contributed by atoms with E-state index in [4.69, 9.17) is 11.6 Å². The van der Waals surface area contributed by atoms with Gasteiger partial charge in [0.2, 0.25) is 0 Å². The summed E-state index contributed by atoms with van der Waals surface area (Å²) in [5, 5.41) is 0.531. The van der Waals surface area contributed by atoms with E-state index in [2.05, 4.69) is 34.8 Å². The fraction of sp³-hybridized carbons (Fsp3) is 0.588. The van der Waals surface area contributed by atoms with Crippen molar-refractivity contribution in [2.75, 3.05) is 13.6 Å². The van der Waals surface area contributed by atoms with Gasteiger partial charge in [-0.3, -0.25) is 4.79 Å². The molecule has 21 heavy (non-hydrogen) atoms. The standard InChI is InChI=1S/C17H23BrClNO/c1-12-5-3-4-6-16(12)20(2)10-9-17(21)14-8-7-13(18)11-15(14)19/h7-8,11-12,16H,3-6,9-10H2,1-2H3. The number of halogens is 2. The first-order valence-corrected chi connectivity index (χ1v) is 8.84. The number of hydrogen-bond donors (Lipinski definition) is 0. The zero-order valence-corrected chi connectivity index (χ0v) is 15.1. The summed E-state index contributed by atoms with van der Waals surface area (Å²) in [7, 11) is 2.14. The van der Waals surface area contributed by atoms with Crippen LogP contribution in [-0.2, 0) is 0 Å². The van der Waals surface area contributed by atoms with E-state index in [9.17, 15) is 4.79 Å². The Bertz CT molecular complexity index is 506. The maximum Gasteiger partial charge on any atom is 0.165 e. The molecule has 1 saturated carbocycles. The molecular weight excluding hydrogens is 350 g/mol. The summed E-state index contributed by atoms with van der Waals surface area (Å²) in [5.74, 6) is 0.859. The second-order valence-corrected chi connectivity index (χ2v) is 7.43. The molecule has 2 nitrogen and oxygen atoms in total. The molecule has 116 valence electrons. The molecule has 0 N–H and O–H groups in total. The molecule has 2 unspecified atom stereocenters. The monoisotopic (exact) mass is 371 g/mol. The molecule has 2 rings (SSSR count). The summed E-state index contributed by atoms with van der Waals surface area (Å²) < 4.78 is 0.900. The van der Waals surface area contributed by atoms with Crippen LogP contribution in [0.4, 0.5) is 0 Å². The Balaban J connectivity index is 1.91. The molecule has 0 aliphatic heterocycles. The lowest BCUT2D eigenvalue weighted by Gasteiger charge is -2.36. The first-order chi connectivity index (χ1) is 9.99. The third-order valence-electron chi connectivity index (χ3n) is 4.56. The zero-order chi connectivity index (χ0) is 15.4. The van der Waals surface area contributed by atoms with E-state index in [1.54, 1.807) is 12.1 Å². The van der Waals surface area contributed by atoms with Gasteiger partial charge in [0.05, 0.1) is 5.02 Å². The Hall–Kier alpha value is -0.380. The average molecular weight is 373 g/mol. The van der Waals surface area contributed by atoms with Crippen molar-refractivity contribution >= 4 is 33.3 Å². The number of Topliss-reactive ketones (excluding diaryl/α,β-unsaturated/α-hetero) is 1. The van der Waals surface area contributed by atoms with Crippen LogP contribution in [0.25, 0.3) is 0 Å². The third-order valence-corrected chi connectivity index (χ3v) is 5.36. The van der Waals surface area contributed by atoms with Gasteiger partial charge in [0.1, 0.15) is 0 Å². The fourth-order valence-corrected chi connectivity index (χ4v) is 4.02. The van der Waals surface area contributed by atoms with Crippen molar-refractivity contribution in [3.8, 4) is 0 Å². The number of hydrogen-bond acceptors (Lipinski definition) is 2. The SMILES string of the molecule is CC1CCCCC1N(C)CCC(=O)c1ccc(Br)cc1Cl. The normalized spacial score (nSPS) is 22.5. The highest BCUT2D eigenvalue weighted by atomic mass is 79.9. The molecule has 2 atom stereocenters. The maximum absolute atomic E-state index is 12.3. The summed E-state index contributed by atoms with van der Waals surface area (Å²) in [6.45, 7) is 3.13. The van der Waals surface area contributed by atoms with Crippen LogP contribution in [0.1, 0.15) is 49.4 Å². The van der Waals surface area contributed by atoms with Gasteiger partial charge < -0.3 is 4.90 Å². The molecular formula is C17H23BrClNO. The summed E-state index contributed by atoms with van der Waals surface area (Å²) in [6, 6.07) is 6.07. The van der Waals surface area contributed by atoms with Crippen LogP contribution in [-0.4, -0.2) is 30.3 Å². The lowest BCUT2D eigenvalue weighted by atomic mass is 9.85. The largest absolute Gasteiger partial charge is 0.303 e. The Morgan fingerprint density at radius 3 is 2.76 bits per heavy atom. The molecule has 1 aromatic carbocycles. The highest BCUT2D eigenvalue weighted by Gasteiger charge is 2.25. The van der Waals surface area contributed by atoms with E-state index in [0.717, 1.165) is 16.9 Å². The van der Waals surface area contributed by atoms with Crippen molar-refractivity contribution in [1.29, 1.82) is 0 Å². The molecule has 0 radical (unpaired) electrons. The van der Waals surface area contributed by atoms with E-state index in [-0.39, 0.29) is 5.78 Å². The van der Waals surface area contributed by atoms with E-state index in [1.165, 1.54) is 25.7 Å². The Morgan fingerprint density at radius 1 is 1.38 bits per heavy atom. The highest BCUT2D eigenvalue weighted by Crippen LogP contribution is 2.28. The van der Waals surface area contributed by atoms with Crippen LogP contribution in [0.3, 0.4) is 0 Å². The summed E-state index contributed by atoms with van der Waals surface area (Å²) >= 11 is 9.51. The molecule has 1 aromatic rings. The van der Waals surface area contributed by atoms with Gasteiger partial charge in [0, 0.05) is 29.0 Å². The number of rotatable bonds is 5. The topological polar surface area (TPSA) is 20.3 Å². The van der Waals surface area contributed by atoms with Crippen molar-refractivity contribution in [3.63, 3.8) is 0 Å². The van der Waals surface area contributed by atoms with E-state index >= 15 is 0 Å².